The average molecular weight is 517 g/mol. The molecule has 3 rings (SSSR count). The van der Waals surface area contributed by atoms with E-state index in [4.69, 9.17) is 23.2 Å². The normalized spacial score (nSPS) is 11.5. The molecule has 2 aromatic carbocycles. The Hall–Kier alpha value is -1.69. The van der Waals surface area contributed by atoms with Crippen LogP contribution in [0.4, 0.5) is 5.13 Å². The summed E-state index contributed by atoms with van der Waals surface area (Å²) in [5, 5.41) is 11.3. The zero-order valence-corrected chi connectivity index (χ0v) is 20.2. The molecule has 1 heterocycles. The van der Waals surface area contributed by atoms with Gasteiger partial charge in [0.2, 0.25) is 9.47 Å². The van der Waals surface area contributed by atoms with E-state index < -0.39 is 10.0 Å². The van der Waals surface area contributed by atoms with Crippen LogP contribution in [0.2, 0.25) is 10.0 Å². The number of carbonyl (C=O) groups is 1. The van der Waals surface area contributed by atoms with E-state index in [-0.39, 0.29) is 21.9 Å². The van der Waals surface area contributed by atoms with Crippen LogP contribution in [0.25, 0.3) is 0 Å². The topological polar surface area (TPSA) is 101 Å². The van der Waals surface area contributed by atoms with Gasteiger partial charge in [0.25, 0.3) is 15.9 Å². The molecule has 1 aromatic heterocycles. The van der Waals surface area contributed by atoms with Gasteiger partial charge >= 0.3 is 0 Å². The predicted octanol–water partition coefficient (Wildman–Crippen LogP) is 4.62. The molecule has 0 saturated carbocycles. The third kappa shape index (κ3) is 6.64. The molecule has 164 valence electrons. The summed E-state index contributed by atoms with van der Waals surface area (Å²) < 4.78 is 27.1. The predicted molar refractivity (Wildman–Crippen MR) is 127 cm³/mol. The van der Waals surface area contributed by atoms with Crippen molar-refractivity contribution in [1.29, 1.82) is 0 Å². The molecule has 0 aliphatic rings. The smallest absolute Gasteiger partial charge is 0.269 e. The highest BCUT2D eigenvalue weighted by Crippen LogP contribution is 2.28. The van der Waals surface area contributed by atoms with E-state index in [2.05, 4.69) is 20.2 Å². The van der Waals surface area contributed by atoms with Crippen LogP contribution in [-0.4, -0.2) is 36.8 Å². The van der Waals surface area contributed by atoms with Crippen LogP contribution < -0.4 is 10.0 Å². The second kappa shape index (κ2) is 10.8. The molecule has 31 heavy (non-hydrogen) atoms. The van der Waals surface area contributed by atoms with Gasteiger partial charge in [0.15, 0.2) is 0 Å². The Morgan fingerprint density at radius 1 is 1.13 bits per heavy atom. The maximum absolute atomic E-state index is 12.4. The standard InChI is InChI=1S/C19H18Cl2N4O3S3/c1-12-4-2-5-13(10-12)17(26)23-18-24-25-19(30-18)31(27,28)22-8-9-29-11-14-15(20)6-3-7-16(14)21/h2-7,10,22H,8-9,11H2,1H3,(H,23,24,26). The number of sulfonamides is 1. The van der Waals surface area contributed by atoms with Gasteiger partial charge in [0.1, 0.15) is 0 Å². The number of thioether (sulfide) groups is 1. The summed E-state index contributed by atoms with van der Waals surface area (Å²) in [5.74, 6) is 0.691. The van der Waals surface area contributed by atoms with Crippen molar-refractivity contribution >= 4 is 67.4 Å². The van der Waals surface area contributed by atoms with Crippen molar-refractivity contribution in [3.05, 3.63) is 69.2 Å². The van der Waals surface area contributed by atoms with Crippen LogP contribution in [0.3, 0.4) is 0 Å². The highest BCUT2D eigenvalue weighted by atomic mass is 35.5. The number of halogens is 2. The molecule has 7 nitrogen and oxygen atoms in total. The summed E-state index contributed by atoms with van der Waals surface area (Å²) in [6, 6.07) is 12.3. The van der Waals surface area contributed by atoms with Crippen LogP contribution in [0.15, 0.2) is 46.8 Å². The van der Waals surface area contributed by atoms with E-state index in [0.717, 1.165) is 22.5 Å². The Bertz CT molecular complexity index is 1170. The average Bonchev–Trinajstić information content (AvgIpc) is 3.19. The molecule has 3 aromatic rings. The second-order valence-electron chi connectivity index (χ2n) is 6.35. The first kappa shape index (κ1) is 24.0. The molecule has 0 fully saturated rings. The Morgan fingerprint density at radius 3 is 2.55 bits per heavy atom. The van der Waals surface area contributed by atoms with Gasteiger partial charge in [0.05, 0.1) is 0 Å². The van der Waals surface area contributed by atoms with E-state index in [1.54, 1.807) is 36.4 Å². The molecule has 0 radical (unpaired) electrons. The first-order valence-corrected chi connectivity index (χ1v) is 13.2. The number of benzene rings is 2. The highest BCUT2D eigenvalue weighted by molar-refractivity contribution is 7.98. The van der Waals surface area contributed by atoms with Crippen LogP contribution in [0.1, 0.15) is 21.5 Å². The second-order valence-corrected chi connectivity index (χ2v) is 11.2. The lowest BCUT2D eigenvalue weighted by atomic mass is 10.1. The number of aryl methyl sites for hydroxylation is 1. The van der Waals surface area contributed by atoms with Crippen molar-refractivity contribution in [1.82, 2.24) is 14.9 Å². The third-order valence-electron chi connectivity index (χ3n) is 3.98. The fourth-order valence-electron chi connectivity index (χ4n) is 2.48. The van der Waals surface area contributed by atoms with Crippen molar-refractivity contribution in [3.63, 3.8) is 0 Å². The zero-order valence-electron chi connectivity index (χ0n) is 16.3. The van der Waals surface area contributed by atoms with E-state index in [9.17, 15) is 13.2 Å². The maximum Gasteiger partial charge on any atom is 0.269 e. The third-order valence-corrected chi connectivity index (χ3v) is 8.34. The maximum atomic E-state index is 12.4. The number of nitrogens with one attached hydrogen (secondary N) is 2. The van der Waals surface area contributed by atoms with Gasteiger partial charge in [-0.3, -0.25) is 10.1 Å². The molecule has 0 aliphatic carbocycles. The summed E-state index contributed by atoms with van der Waals surface area (Å²) >= 11 is 14.5. The Kier molecular flexibility index (Phi) is 8.31. The van der Waals surface area contributed by atoms with Crippen LogP contribution in [0, 0.1) is 6.92 Å². The van der Waals surface area contributed by atoms with E-state index in [1.807, 2.05) is 13.0 Å². The van der Waals surface area contributed by atoms with Crippen LogP contribution in [-0.2, 0) is 15.8 Å². The summed E-state index contributed by atoms with van der Waals surface area (Å²) in [6.07, 6.45) is 0. The SMILES string of the molecule is Cc1cccc(C(=O)Nc2nnc(S(=O)(=O)NCCSCc3c(Cl)cccc3Cl)s2)c1. The molecule has 2 N–H and O–H groups in total. The van der Waals surface area contributed by atoms with Gasteiger partial charge in [0, 0.05) is 33.7 Å². The van der Waals surface area contributed by atoms with E-state index in [0.29, 0.717) is 27.1 Å². The fraction of sp³-hybridized carbons (Fsp3) is 0.211. The largest absolute Gasteiger partial charge is 0.296 e. The van der Waals surface area contributed by atoms with Crippen molar-refractivity contribution in [2.45, 2.75) is 17.0 Å². The van der Waals surface area contributed by atoms with Gasteiger partial charge in [-0.05, 0) is 36.8 Å². The lowest BCUT2D eigenvalue weighted by Crippen LogP contribution is -2.26. The minimum Gasteiger partial charge on any atom is -0.296 e. The van der Waals surface area contributed by atoms with Gasteiger partial charge < -0.3 is 0 Å². The van der Waals surface area contributed by atoms with Crippen LogP contribution in [0.5, 0.6) is 0 Å². The van der Waals surface area contributed by atoms with Gasteiger partial charge in [-0.2, -0.15) is 11.8 Å². The first-order valence-electron chi connectivity index (χ1n) is 8.98. The quantitative estimate of drug-likeness (QED) is 0.318. The Morgan fingerprint density at radius 2 is 1.84 bits per heavy atom. The molecule has 1 amide bonds. The minimum absolute atomic E-state index is 0.106. The van der Waals surface area contributed by atoms with Crippen molar-refractivity contribution in [2.24, 2.45) is 0 Å². The number of carbonyl (C=O) groups excluding carboxylic acids is 1. The number of anilines is 1. The molecular formula is C19H18Cl2N4O3S3. The summed E-state index contributed by atoms with van der Waals surface area (Å²) in [7, 11) is -3.83. The fourth-order valence-corrected chi connectivity index (χ4v) is 6.17. The van der Waals surface area contributed by atoms with Gasteiger partial charge in [-0.15, -0.1) is 10.2 Å². The molecular weight excluding hydrogens is 499 g/mol. The van der Waals surface area contributed by atoms with E-state index in [1.165, 1.54) is 11.8 Å². The summed E-state index contributed by atoms with van der Waals surface area (Å²) in [6.45, 7) is 2.07. The van der Waals surface area contributed by atoms with E-state index >= 15 is 0 Å². The number of rotatable bonds is 9. The van der Waals surface area contributed by atoms with Crippen LogP contribution >= 0.6 is 46.3 Å². The number of hydrogen-bond donors (Lipinski definition) is 2. The Labute approximate surface area is 198 Å². The molecule has 0 atom stereocenters. The Balaban J connectivity index is 1.51. The van der Waals surface area contributed by atoms with Crippen molar-refractivity contribution in [3.8, 4) is 0 Å². The summed E-state index contributed by atoms with van der Waals surface area (Å²) in [4.78, 5) is 12.3. The monoisotopic (exact) mass is 516 g/mol. The number of hydrogen-bond acceptors (Lipinski definition) is 7. The van der Waals surface area contributed by atoms with Crippen molar-refractivity contribution < 1.29 is 13.2 Å². The zero-order chi connectivity index (χ0) is 22.4. The molecule has 0 spiro atoms. The van der Waals surface area contributed by atoms with Gasteiger partial charge in [-0.25, -0.2) is 13.1 Å². The lowest BCUT2D eigenvalue weighted by molar-refractivity contribution is 0.102. The molecule has 0 bridgehead atoms. The van der Waals surface area contributed by atoms with Crippen molar-refractivity contribution in [2.75, 3.05) is 17.6 Å². The highest BCUT2D eigenvalue weighted by Gasteiger charge is 2.21. The first-order chi connectivity index (χ1) is 14.8. The molecule has 0 aliphatic heterocycles. The summed E-state index contributed by atoms with van der Waals surface area (Å²) in [5.41, 5.74) is 2.21. The minimum atomic E-state index is -3.83. The lowest BCUT2D eigenvalue weighted by Gasteiger charge is -2.07. The number of nitrogens with zero attached hydrogens (tertiary/aromatic N) is 2. The van der Waals surface area contributed by atoms with Gasteiger partial charge in [-0.1, -0.05) is 58.3 Å². The molecule has 0 saturated heterocycles. The molecule has 12 heteroatoms. The number of aromatic nitrogens is 2. The molecule has 0 unspecified atom stereocenters. The number of amides is 1.